The van der Waals surface area contributed by atoms with E-state index < -0.39 is 40.3 Å². The van der Waals surface area contributed by atoms with Crippen LogP contribution in [0.1, 0.15) is 290 Å². The number of allylic oxidation sites excluding steroid dienone is 4. The number of carbonyl (C=O) groups excluding carboxylic acids is 5. The normalized spacial score (nSPS) is 41.3. The number of ether oxygens (including phenoxy) is 1. The first kappa shape index (κ1) is 89.9. The molecule has 684 valence electrons. The second kappa shape index (κ2) is 34.3. The van der Waals surface area contributed by atoms with Crippen LogP contribution in [0.4, 0.5) is 0 Å². The van der Waals surface area contributed by atoms with Crippen molar-refractivity contribution in [1.29, 1.82) is 0 Å². The largest absolute Gasteiger partial charge is 0.481 e. The lowest BCUT2D eigenvalue weighted by Crippen LogP contribution is -2.53. The van der Waals surface area contributed by atoms with Crippen LogP contribution in [-0.4, -0.2) is 150 Å². The van der Waals surface area contributed by atoms with Crippen molar-refractivity contribution in [1.82, 2.24) is 60.0 Å². The van der Waals surface area contributed by atoms with Crippen LogP contribution in [0, 0.1) is 140 Å². The molecule has 16 aliphatic carbocycles. The molecule has 0 saturated heterocycles. The van der Waals surface area contributed by atoms with Crippen LogP contribution in [-0.2, 0) is 91.7 Å². The Morgan fingerprint density at radius 1 is 0.365 bits per heavy atom. The van der Waals surface area contributed by atoms with Crippen LogP contribution in [0.25, 0.3) is 0 Å². The minimum atomic E-state index is -1.07. The number of aryl methyl sites for hydroxylation is 3. The van der Waals surface area contributed by atoms with Gasteiger partial charge in [0.15, 0.2) is 23.1 Å². The summed E-state index contributed by atoms with van der Waals surface area (Å²) in [4.78, 5) is 92.1. The third-order valence-electron chi connectivity index (χ3n) is 37.6. The molecule has 20 rings (SSSR count). The fourth-order valence-corrected chi connectivity index (χ4v) is 31.7. The van der Waals surface area contributed by atoms with Crippen molar-refractivity contribution < 1.29 is 78.8 Å². The van der Waals surface area contributed by atoms with E-state index in [4.69, 9.17) is 20.1 Å². The minimum Gasteiger partial charge on any atom is -0.481 e. The molecular weight excluding hydrogens is 1600 g/mol. The maximum atomic E-state index is 12.1. The van der Waals surface area contributed by atoms with Gasteiger partial charge in [0.1, 0.15) is 51.7 Å². The van der Waals surface area contributed by atoms with Crippen LogP contribution in [0.3, 0.4) is 0 Å². The predicted molar refractivity (Wildman–Crippen MR) is 460 cm³/mol. The molecule has 16 aliphatic rings. The number of esters is 1. The van der Waals surface area contributed by atoms with Crippen LogP contribution in [0.15, 0.2) is 71.4 Å². The highest BCUT2D eigenvalue weighted by molar-refractivity contribution is 5.93. The number of carboxylic acids is 3. The summed E-state index contributed by atoms with van der Waals surface area (Å²) in [7, 11) is 1.40. The summed E-state index contributed by atoms with van der Waals surface area (Å²) < 4.78 is 11.0. The Balaban J connectivity index is 0.000000119. The van der Waals surface area contributed by atoms with Crippen molar-refractivity contribution in [3.8, 4) is 0 Å². The van der Waals surface area contributed by atoms with E-state index in [1.54, 1.807) is 26.4 Å². The number of ketones is 4. The second-order valence-corrected chi connectivity index (χ2v) is 43.5. The van der Waals surface area contributed by atoms with Crippen molar-refractivity contribution in [2.24, 2.45) is 140 Å². The topological polar surface area (TPSA) is 410 Å². The molecule has 28 heteroatoms. The first-order chi connectivity index (χ1) is 59.9. The molecule has 28 nitrogen and oxygen atoms in total. The average molecular weight is 1740 g/mol. The van der Waals surface area contributed by atoms with Gasteiger partial charge in [-0.25, -0.2) is 4.68 Å². The Morgan fingerprint density at radius 3 is 0.913 bits per heavy atom. The molecule has 4 aromatic rings. The molecule has 16 unspecified atom stereocenters. The van der Waals surface area contributed by atoms with E-state index in [1.165, 1.54) is 34.1 Å². The molecule has 12 saturated carbocycles. The van der Waals surface area contributed by atoms with Crippen LogP contribution >= 0.6 is 0 Å². The number of hydrogen-bond donors (Lipinski definition) is 7. The number of methoxy groups -OCH3 is 1. The van der Waals surface area contributed by atoms with Crippen LogP contribution < -0.4 is 0 Å². The van der Waals surface area contributed by atoms with E-state index >= 15 is 0 Å². The van der Waals surface area contributed by atoms with E-state index in [2.05, 4.69) is 96.6 Å². The summed E-state index contributed by atoms with van der Waals surface area (Å²) in [5.74, 6) is 8.95. The molecule has 28 atom stereocenters. The summed E-state index contributed by atoms with van der Waals surface area (Å²) in [6, 6.07) is 0. The molecule has 0 radical (unpaired) electrons. The van der Waals surface area contributed by atoms with Gasteiger partial charge in [-0.3, -0.25) is 52.4 Å². The summed E-state index contributed by atoms with van der Waals surface area (Å²) >= 11 is 0. The standard InChI is InChI=1S/C26H37N3O4.C25H35N3O4.C24H33N3O4.C23H31N3O4/c1-16-13-17-14-18(30)6-7-19(17)20-8-10-25(2)21(24(16)20)9-11-26(25,32)22-15-29(28-27-22)12-4-5-23(31)33-3;1-15-12-16-13-17(29)5-6-18(16)19-7-9-24(2)20(23(15)19)8-10-25(24,32)21-14-28(27-26-21)11-3-4-22(30)31;1-14-11-15-12-16(28)3-4-17(15)18-5-8-23(2)19(22(14)18)6-9-24(23,31)20-13-27(26-25-20)10-7-21(29)30;1-13-9-14-10-15(27)3-4-16(14)17-5-7-22(2)18(21(13)17)6-8-23(22,30)19-11-26(25-24-19)12-20(28)29/h14-16,19-21,24,32H,4-13H2,1-3H3;13-15,18-20,23,32H,3-12H2,1-2H3,(H,30,31);12-14,17-19,22,31H,3-11H2,1-2H3,(H,29,30);10-11,13,16-18,21,30H,3-9,12H2,1-2H3,(H,28,29)/t16-,19?,20?,21?,24?,25+,26-;15-,18?,19?,20?,23?,24+,25-;14-,17?,18?,19?,22?,23+,24-;13-,16?,17?,18?,21?,22+,23-/m1111/s1. The van der Waals surface area contributed by atoms with E-state index in [9.17, 15) is 58.8 Å². The maximum absolute atomic E-state index is 12.1. The number of aromatic nitrogens is 12. The molecule has 4 aromatic heterocycles. The predicted octanol–water partition coefficient (Wildman–Crippen LogP) is 13.8. The summed E-state index contributed by atoms with van der Waals surface area (Å²) in [6.07, 6.45) is 42.0. The van der Waals surface area contributed by atoms with Crippen LogP contribution in [0.2, 0.25) is 0 Å². The number of nitrogens with zero attached hydrogens (tertiary/aromatic N) is 12. The maximum Gasteiger partial charge on any atom is 0.325 e. The summed E-state index contributed by atoms with van der Waals surface area (Å²) in [6.45, 7) is 19.4. The third kappa shape index (κ3) is 15.4. The molecule has 0 bridgehead atoms. The van der Waals surface area contributed by atoms with Gasteiger partial charge < -0.3 is 40.5 Å². The third-order valence-corrected chi connectivity index (χ3v) is 37.6. The molecule has 0 amide bonds. The lowest BCUT2D eigenvalue weighted by molar-refractivity contribution is -0.141. The van der Waals surface area contributed by atoms with E-state index in [-0.39, 0.29) is 59.3 Å². The van der Waals surface area contributed by atoms with Gasteiger partial charge >= 0.3 is 23.9 Å². The highest BCUT2D eigenvalue weighted by atomic mass is 16.5. The van der Waals surface area contributed by atoms with Crippen LogP contribution in [0.5, 0.6) is 0 Å². The van der Waals surface area contributed by atoms with Gasteiger partial charge in [-0.05, 0) is 310 Å². The Morgan fingerprint density at radius 2 is 0.635 bits per heavy atom. The number of aliphatic carboxylic acids is 3. The minimum absolute atomic E-state index is 0.0118. The Labute approximate surface area is 739 Å². The van der Waals surface area contributed by atoms with Crippen molar-refractivity contribution >= 4 is 47.0 Å². The number of hydrogen-bond acceptors (Lipinski definition) is 21. The van der Waals surface area contributed by atoms with Gasteiger partial charge in [-0.2, -0.15) is 0 Å². The van der Waals surface area contributed by atoms with Gasteiger partial charge in [-0.15, -0.1) is 20.4 Å². The fraction of sp³-hybridized carbons (Fsp3) is 0.755. The second-order valence-electron chi connectivity index (χ2n) is 43.5. The number of carbonyl (C=O) groups is 8. The average Bonchev–Trinajstić information content (AvgIpc) is 1.55. The molecule has 126 heavy (non-hydrogen) atoms. The first-order valence-electron chi connectivity index (χ1n) is 48.1. The highest BCUT2D eigenvalue weighted by Gasteiger charge is 2.70. The summed E-state index contributed by atoms with van der Waals surface area (Å²) in [5, 5.41) is 109. The number of carboxylic acid groups (broad SMARTS) is 3. The van der Waals surface area contributed by atoms with Gasteiger partial charge in [0.25, 0.3) is 0 Å². The van der Waals surface area contributed by atoms with Gasteiger partial charge in [0, 0.05) is 73.3 Å². The Bertz CT molecular complexity index is 5000. The zero-order valence-electron chi connectivity index (χ0n) is 75.5. The lowest BCUT2D eigenvalue weighted by Gasteiger charge is -2.57. The molecule has 7 N–H and O–H groups in total. The quantitative estimate of drug-likeness (QED) is 0.0483. The molecule has 12 fully saturated rings. The highest BCUT2D eigenvalue weighted by Crippen LogP contribution is 2.73. The fourth-order valence-electron chi connectivity index (χ4n) is 31.7. The Kier molecular flexibility index (Phi) is 24.5. The van der Waals surface area contributed by atoms with Gasteiger partial charge in [0.05, 0.1) is 44.9 Å². The SMILES string of the molecule is COC(=O)CCCn1cc([C@]2(O)CCC3C4C(CC[C@@]32C)C2CCC(=O)C=C2C[C@H]4C)nn1.C[C@@H]1CC2=CC(=O)CCC2C2CC[C@@]3(C)C(CC[C@@]3(O)c3cn(CC(=O)O)nn3)C21.C[C@@H]1CC2=CC(=O)CCC2C2CC[C@@]3(C)C(CC[C@@]3(O)c3cn(CCC(=O)O)nn3)C21.C[C@@H]1CC2=CC(=O)CCC2C2CC[C@@]3(C)C(CC[C@@]3(O)c3cn(CCCC(=O)O)nn3)C21. The van der Waals surface area contributed by atoms with Gasteiger partial charge in [-0.1, -0.05) is 98.5 Å². The number of rotatable bonds is 17. The number of fused-ring (bicyclic) bond motifs is 20. The lowest BCUT2D eigenvalue weighted by atomic mass is 9.48. The van der Waals surface area contributed by atoms with Crippen molar-refractivity contribution in [2.75, 3.05) is 7.11 Å². The molecular formula is C98H136N12O16. The van der Waals surface area contributed by atoms with E-state index in [0.29, 0.717) is 236 Å². The van der Waals surface area contributed by atoms with Crippen molar-refractivity contribution in [3.05, 3.63) is 94.2 Å². The zero-order chi connectivity index (χ0) is 89.3. The first-order valence-corrected chi connectivity index (χ1v) is 48.1. The Hall–Kier alpha value is -8.08. The molecule has 0 aliphatic heterocycles. The van der Waals surface area contributed by atoms with E-state index in [1.807, 2.05) is 36.7 Å². The zero-order valence-corrected chi connectivity index (χ0v) is 75.5. The molecule has 0 aromatic carbocycles. The molecule has 0 spiro atoms. The van der Waals surface area contributed by atoms with Crippen molar-refractivity contribution in [3.63, 3.8) is 0 Å². The van der Waals surface area contributed by atoms with Gasteiger partial charge in [0.2, 0.25) is 0 Å². The van der Waals surface area contributed by atoms with E-state index in [0.717, 1.165) is 135 Å². The smallest absolute Gasteiger partial charge is 0.325 e. The number of aliphatic hydroxyl groups is 4. The monoisotopic (exact) mass is 1740 g/mol. The molecule has 4 heterocycles. The summed E-state index contributed by atoms with van der Waals surface area (Å²) in [5.41, 5.74) is 2.87. The van der Waals surface area contributed by atoms with Crippen molar-refractivity contribution in [2.45, 2.75) is 316 Å².